The average Bonchev–Trinajstić information content (AvgIpc) is 3.33. The van der Waals surface area contributed by atoms with E-state index in [1.54, 1.807) is 7.05 Å². The first-order valence-electron chi connectivity index (χ1n) is 9.22. The third-order valence-electron chi connectivity index (χ3n) is 5.11. The quantitative estimate of drug-likeness (QED) is 0.701. The minimum absolute atomic E-state index is 0.121. The van der Waals surface area contributed by atoms with Crippen molar-refractivity contribution in [3.8, 4) is 0 Å². The van der Waals surface area contributed by atoms with E-state index in [9.17, 15) is 9.59 Å². The molecule has 1 atom stereocenters. The summed E-state index contributed by atoms with van der Waals surface area (Å²) in [6.45, 7) is 1.79. The summed E-state index contributed by atoms with van der Waals surface area (Å²) in [6.07, 6.45) is 2.16. The summed E-state index contributed by atoms with van der Waals surface area (Å²) in [5, 5.41) is 3.95. The molecule has 8 nitrogen and oxygen atoms in total. The highest BCUT2D eigenvalue weighted by molar-refractivity contribution is 6.30. The lowest BCUT2D eigenvalue weighted by Crippen LogP contribution is -2.37. The van der Waals surface area contributed by atoms with Crippen LogP contribution in [0.15, 0.2) is 33.9 Å². The van der Waals surface area contributed by atoms with E-state index in [0.29, 0.717) is 35.2 Å². The predicted octanol–water partition coefficient (Wildman–Crippen LogP) is 1.73. The highest BCUT2D eigenvalue weighted by Crippen LogP contribution is 2.20. The van der Waals surface area contributed by atoms with E-state index < -0.39 is 5.69 Å². The molecule has 3 aromatic rings. The minimum Gasteiger partial charge on any atom is -0.376 e. The summed E-state index contributed by atoms with van der Waals surface area (Å²) in [5.41, 5.74) is 0.940. The molecule has 3 heterocycles. The summed E-state index contributed by atoms with van der Waals surface area (Å²) < 4.78 is 9.98. The van der Waals surface area contributed by atoms with Gasteiger partial charge in [0.1, 0.15) is 0 Å². The average molecular weight is 404 g/mol. The Morgan fingerprint density at radius 3 is 2.64 bits per heavy atom. The van der Waals surface area contributed by atoms with Gasteiger partial charge in [0.05, 0.1) is 12.6 Å². The second-order valence-corrected chi connectivity index (χ2v) is 7.48. The monoisotopic (exact) mass is 403 g/mol. The van der Waals surface area contributed by atoms with Gasteiger partial charge in [-0.1, -0.05) is 23.7 Å². The molecule has 0 saturated carbocycles. The van der Waals surface area contributed by atoms with E-state index in [0.717, 1.165) is 29.6 Å². The molecule has 0 bridgehead atoms. The summed E-state index contributed by atoms with van der Waals surface area (Å²) in [4.78, 5) is 29.7. The first-order valence-corrected chi connectivity index (χ1v) is 9.59. The van der Waals surface area contributed by atoms with Crippen molar-refractivity contribution in [3.63, 3.8) is 0 Å². The molecule has 0 unspecified atom stereocenters. The molecule has 2 aromatic heterocycles. The molecule has 1 fully saturated rings. The molecule has 1 aliphatic rings. The zero-order valence-corrected chi connectivity index (χ0v) is 16.6. The number of fused-ring (bicyclic) bond motifs is 1. The van der Waals surface area contributed by atoms with Gasteiger partial charge >= 0.3 is 5.69 Å². The van der Waals surface area contributed by atoms with Crippen LogP contribution in [0, 0.1) is 0 Å². The molecular weight excluding hydrogens is 382 g/mol. The molecule has 1 aliphatic heterocycles. The Bertz CT molecular complexity index is 1120. The smallest absolute Gasteiger partial charge is 0.332 e. The number of benzene rings is 1. The van der Waals surface area contributed by atoms with Crippen LogP contribution >= 0.6 is 11.6 Å². The second-order valence-electron chi connectivity index (χ2n) is 7.04. The number of halogens is 1. The minimum atomic E-state index is -0.403. The molecule has 1 saturated heterocycles. The van der Waals surface area contributed by atoms with Crippen LogP contribution in [0.2, 0.25) is 5.02 Å². The third-order valence-corrected chi connectivity index (χ3v) is 5.37. The highest BCUT2D eigenvalue weighted by atomic mass is 35.5. The number of nitrogens with zero attached hydrogens (tertiary/aromatic N) is 4. The SMILES string of the molecule is Cn1c(=O)c2c(nc(NC[C@H]3CCCO3)n2Cc2ccc(Cl)cc2)n(C)c1=O. The fraction of sp³-hybridized carbons (Fsp3) is 0.421. The van der Waals surface area contributed by atoms with Crippen molar-refractivity contribution < 1.29 is 4.74 Å². The van der Waals surface area contributed by atoms with Gasteiger partial charge in [-0.3, -0.25) is 18.5 Å². The standard InChI is InChI=1S/C19H22ClN5O3/c1-23-16-15(17(26)24(2)19(23)27)25(11-12-5-7-13(20)8-6-12)18(22-16)21-10-14-4-3-9-28-14/h5-8,14H,3-4,9-11H2,1-2H3,(H,21,22)/t14-/m1/s1. The van der Waals surface area contributed by atoms with Gasteiger partial charge in [-0.25, -0.2) is 4.79 Å². The Morgan fingerprint density at radius 2 is 1.96 bits per heavy atom. The summed E-state index contributed by atoms with van der Waals surface area (Å²) >= 11 is 5.99. The van der Waals surface area contributed by atoms with Crippen LogP contribution in [0.5, 0.6) is 0 Å². The topological polar surface area (TPSA) is 83.1 Å². The van der Waals surface area contributed by atoms with Gasteiger partial charge in [0.15, 0.2) is 11.2 Å². The van der Waals surface area contributed by atoms with Crippen molar-refractivity contribution in [1.29, 1.82) is 0 Å². The van der Waals surface area contributed by atoms with E-state index in [-0.39, 0.29) is 11.7 Å². The fourth-order valence-electron chi connectivity index (χ4n) is 3.52. The van der Waals surface area contributed by atoms with Gasteiger partial charge < -0.3 is 10.1 Å². The molecule has 0 aliphatic carbocycles. The van der Waals surface area contributed by atoms with Crippen LogP contribution < -0.4 is 16.6 Å². The van der Waals surface area contributed by atoms with E-state index >= 15 is 0 Å². The zero-order chi connectivity index (χ0) is 19.8. The van der Waals surface area contributed by atoms with Crippen LogP contribution in [0.25, 0.3) is 11.2 Å². The first-order chi connectivity index (χ1) is 13.5. The summed E-state index contributed by atoms with van der Waals surface area (Å²) in [7, 11) is 3.09. The largest absolute Gasteiger partial charge is 0.376 e. The van der Waals surface area contributed by atoms with Crippen molar-refractivity contribution in [2.75, 3.05) is 18.5 Å². The van der Waals surface area contributed by atoms with Crippen LogP contribution in [0.4, 0.5) is 5.95 Å². The maximum Gasteiger partial charge on any atom is 0.332 e. The molecule has 0 radical (unpaired) electrons. The number of aromatic nitrogens is 4. The van der Waals surface area contributed by atoms with Crippen LogP contribution in [0.1, 0.15) is 18.4 Å². The van der Waals surface area contributed by atoms with Crippen LogP contribution in [0.3, 0.4) is 0 Å². The lowest BCUT2D eigenvalue weighted by molar-refractivity contribution is 0.120. The lowest BCUT2D eigenvalue weighted by Gasteiger charge is -2.14. The summed E-state index contributed by atoms with van der Waals surface area (Å²) in [6, 6.07) is 7.43. The van der Waals surface area contributed by atoms with E-state index in [2.05, 4.69) is 10.3 Å². The highest BCUT2D eigenvalue weighted by Gasteiger charge is 2.21. The number of imidazole rings is 1. The number of hydrogen-bond acceptors (Lipinski definition) is 5. The number of ether oxygens (including phenoxy) is 1. The first kappa shape index (κ1) is 18.8. The Balaban J connectivity index is 1.82. The Hall–Kier alpha value is -2.58. The summed E-state index contributed by atoms with van der Waals surface area (Å²) in [5.74, 6) is 0.541. The van der Waals surface area contributed by atoms with Crippen LogP contribution in [-0.2, 0) is 25.4 Å². The number of rotatable bonds is 5. The van der Waals surface area contributed by atoms with Crippen molar-refractivity contribution in [2.45, 2.75) is 25.5 Å². The van der Waals surface area contributed by atoms with Crippen molar-refractivity contribution in [2.24, 2.45) is 14.1 Å². The van der Waals surface area contributed by atoms with E-state index in [4.69, 9.17) is 16.3 Å². The van der Waals surface area contributed by atoms with Gasteiger partial charge in [-0.15, -0.1) is 0 Å². The number of anilines is 1. The molecule has 4 rings (SSSR count). The number of aryl methyl sites for hydroxylation is 1. The molecule has 28 heavy (non-hydrogen) atoms. The maximum atomic E-state index is 12.9. The normalized spacial score (nSPS) is 16.8. The maximum absolute atomic E-state index is 12.9. The molecule has 1 N–H and O–H groups in total. The molecule has 9 heteroatoms. The van der Waals surface area contributed by atoms with Crippen molar-refractivity contribution in [1.82, 2.24) is 18.7 Å². The molecular formula is C19H22ClN5O3. The predicted molar refractivity (Wildman–Crippen MR) is 108 cm³/mol. The molecule has 1 aromatic carbocycles. The fourth-order valence-corrected chi connectivity index (χ4v) is 3.64. The number of nitrogens with one attached hydrogen (secondary N) is 1. The lowest BCUT2D eigenvalue weighted by atomic mass is 10.2. The Labute approximate surface area is 166 Å². The van der Waals surface area contributed by atoms with Gasteiger partial charge in [0.25, 0.3) is 5.56 Å². The zero-order valence-electron chi connectivity index (χ0n) is 15.8. The molecule has 0 amide bonds. The Morgan fingerprint density at radius 1 is 1.21 bits per heavy atom. The number of hydrogen-bond donors (Lipinski definition) is 1. The van der Waals surface area contributed by atoms with Gasteiger partial charge in [0, 0.05) is 32.3 Å². The molecule has 148 valence electrons. The van der Waals surface area contributed by atoms with Gasteiger partial charge in [-0.2, -0.15) is 4.98 Å². The van der Waals surface area contributed by atoms with E-state index in [1.807, 2.05) is 28.8 Å². The Kier molecular flexibility index (Phi) is 4.99. The second kappa shape index (κ2) is 7.44. The van der Waals surface area contributed by atoms with Gasteiger partial charge in [-0.05, 0) is 30.5 Å². The van der Waals surface area contributed by atoms with E-state index in [1.165, 1.54) is 11.6 Å². The van der Waals surface area contributed by atoms with Crippen molar-refractivity contribution >= 4 is 28.7 Å². The molecule has 0 spiro atoms. The van der Waals surface area contributed by atoms with Gasteiger partial charge in [0.2, 0.25) is 5.95 Å². The third kappa shape index (κ3) is 3.33. The van der Waals surface area contributed by atoms with Crippen LogP contribution in [-0.4, -0.2) is 37.9 Å². The van der Waals surface area contributed by atoms with Crippen molar-refractivity contribution in [3.05, 3.63) is 55.7 Å².